The number of carbonyl (C=O) groups excluding carboxylic acids is 1. The molecular formula is C16H13ClN2O4. The SMILES string of the molecule is COC(=O)c1onc2ccc(O[C@H](C)c3ccccc3Cl)nc12. The maximum Gasteiger partial charge on any atom is 0.379 e. The second kappa shape index (κ2) is 6.26. The van der Waals surface area contributed by atoms with E-state index in [4.69, 9.17) is 20.9 Å². The van der Waals surface area contributed by atoms with Crippen LogP contribution >= 0.6 is 11.6 Å². The number of hydrogen-bond acceptors (Lipinski definition) is 6. The van der Waals surface area contributed by atoms with Crippen molar-refractivity contribution in [1.29, 1.82) is 0 Å². The molecule has 118 valence electrons. The van der Waals surface area contributed by atoms with E-state index in [0.29, 0.717) is 21.9 Å². The highest BCUT2D eigenvalue weighted by molar-refractivity contribution is 6.31. The Bertz CT molecular complexity index is 862. The summed E-state index contributed by atoms with van der Waals surface area (Å²) in [5, 5.41) is 4.38. The number of methoxy groups -OCH3 is 1. The molecule has 0 fully saturated rings. The molecule has 2 aromatic heterocycles. The van der Waals surface area contributed by atoms with Crippen molar-refractivity contribution in [2.24, 2.45) is 0 Å². The van der Waals surface area contributed by atoms with Crippen LogP contribution in [0.3, 0.4) is 0 Å². The van der Waals surface area contributed by atoms with Gasteiger partial charge >= 0.3 is 5.97 Å². The van der Waals surface area contributed by atoms with Gasteiger partial charge in [-0.15, -0.1) is 0 Å². The Morgan fingerprint density at radius 1 is 1.26 bits per heavy atom. The molecule has 0 amide bonds. The summed E-state index contributed by atoms with van der Waals surface area (Å²) >= 11 is 6.16. The minimum absolute atomic E-state index is 0.0571. The highest BCUT2D eigenvalue weighted by Crippen LogP contribution is 2.28. The van der Waals surface area contributed by atoms with Crippen LogP contribution in [-0.2, 0) is 4.74 Å². The van der Waals surface area contributed by atoms with Crippen molar-refractivity contribution in [2.45, 2.75) is 13.0 Å². The maximum atomic E-state index is 11.6. The molecule has 0 saturated heterocycles. The normalized spacial score (nSPS) is 12.1. The predicted octanol–water partition coefficient (Wildman–Crippen LogP) is 3.80. The second-order valence-electron chi connectivity index (χ2n) is 4.80. The summed E-state index contributed by atoms with van der Waals surface area (Å²) < 4.78 is 15.4. The van der Waals surface area contributed by atoms with E-state index >= 15 is 0 Å². The summed E-state index contributed by atoms with van der Waals surface area (Å²) in [5.74, 6) is -0.368. The van der Waals surface area contributed by atoms with E-state index < -0.39 is 5.97 Å². The molecule has 0 N–H and O–H groups in total. The zero-order chi connectivity index (χ0) is 16.4. The van der Waals surface area contributed by atoms with Gasteiger partial charge in [0.15, 0.2) is 0 Å². The molecule has 3 aromatic rings. The topological polar surface area (TPSA) is 74.5 Å². The van der Waals surface area contributed by atoms with Crippen molar-refractivity contribution in [3.8, 4) is 5.88 Å². The Morgan fingerprint density at radius 2 is 2.04 bits per heavy atom. The third kappa shape index (κ3) is 2.98. The standard InChI is InChI=1S/C16H13ClN2O4/c1-9(10-5-3-4-6-11(10)17)22-13-8-7-12-14(18-13)15(23-19-12)16(20)21-2/h3-9H,1-2H3/t9-/m1/s1. The molecule has 1 atom stereocenters. The number of hydrogen-bond donors (Lipinski definition) is 0. The number of rotatable bonds is 4. The van der Waals surface area contributed by atoms with Crippen molar-refractivity contribution >= 4 is 28.6 Å². The van der Waals surface area contributed by atoms with Crippen LogP contribution in [0.15, 0.2) is 40.9 Å². The van der Waals surface area contributed by atoms with Gasteiger partial charge in [0.25, 0.3) is 5.76 Å². The summed E-state index contributed by atoms with van der Waals surface area (Å²) in [4.78, 5) is 15.9. The first kappa shape index (κ1) is 15.3. The van der Waals surface area contributed by atoms with E-state index in [-0.39, 0.29) is 11.9 Å². The Kier molecular flexibility index (Phi) is 4.16. The molecule has 0 bridgehead atoms. The van der Waals surface area contributed by atoms with Crippen LogP contribution < -0.4 is 4.74 Å². The molecule has 23 heavy (non-hydrogen) atoms. The molecule has 3 rings (SSSR count). The molecule has 0 aliphatic heterocycles. The quantitative estimate of drug-likeness (QED) is 0.676. The molecule has 0 aliphatic rings. The molecule has 0 spiro atoms. The van der Waals surface area contributed by atoms with Crippen LogP contribution in [0.5, 0.6) is 5.88 Å². The number of pyridine rings is 1. The Balaban J connectivity index is 1.91. The average Bonchev–Trinajstić information content (AvgIpc) is 2.97. The number of aromatic nitrogens is 2. The van der Waals surface area contributed by atoms with Crippen molar-refractivity contribution in [3.63, 3.8) is 0 Å². The molecule has 0 unspecified atom stereocenters. The summed E-state index contributed by atoms with van der Waals surface area (Å²) in [6.45, 7) is 1.86. The lowest BCUT2D eigenvalue weighted by molar-refractivity contribution is 0.0557. The number of fused-ring (bicyclic) bond motifs is 1. The zero-order valence-electron chi connectivity index (χ0n) is 12.4. The lowest BCUT2D eigenvalue weighted by Gasteiger charge is -2.15. The second-order valence-corrected chi connectivity index (χ2v) is 5.21. The Labute approximate surface area is 137 Å². The van der Waals surface area contributed by atoms with E-state index in [9.17, 15) is 4.79 Å². The highest BCUT2D eigenvalue weighted by Gasteiger charge is 2.20. The summed E-state index contributed by atoms with van der Waals surface area (Å²) in [5.41, 5.74) is 1.58. The van der Waals surface area contributed by atoms with E-state index in [1.54, 1.807) is 18.2 Å². The van der Waals surface area contributed by atoms with Crippen LogP contribution in [0.25, 0.3) is 11.0 Å². The first-order valence-corrected chi connectivity index (χ1v) is 7.23. The molecular weight excluding hydrogens is 320 g/mol. The lowest BCUT2D eigenvalue weighted by atomic mass is 10.1. The van der Waals surface area contributed by atoms with Crippen LogP contribution in [0.2, 0.25) is 5.02 Å². The molecule has 2 heterocycles. The van der Waals surface area contributed by atoms with Gasteiger partial charge < -0.3 is 14.0 Å². The number of halogens is 1. The number of ether oxygens (including phenoxy) is 2. The molecule has 6 nitrogen and oxygen atoms in total. The number of nitrogens with zero attached hydrogens (tertiary/aromatic N) is 2. The number of benzene rings is 1. The van der Waals surface area contributed by atoms with Gasteiger partial charge in [-0.1, -0.05) is 35.0 Å². The van der Waals surface area contributed by atoms with Crippen molar-refractivity contribution in [3.05, 3.63) is 52.7 Å². The fourth-order valence-electron chi connectivity index (χ4n) is 2.15. The lowest BCUT2D eigenvalue weighted by Crippen LogP contribution is -2.05. The average molecular weight is 333 g/mol. The molecule has 7 heteroatoms. The van der Waals surface area contributed by atoms with Crippen LogP contribution in [0.4, 0.5) is 0 Å². The van der Waals surface area contributed by atoms with Gasteiger partial charge in [0.1, 0.15) is 17.1 Å². The molecule has 0 saturated carbocycles. The first-order chi connectivity index (χ1) is 11.1. The minimum atomic E-state index is -0.642. The van der Waals surface area contributed by atoms with E-state index in [1.165, 1.54) is 7.11 Å². The van der Waals surface area contributed by atoms with E-state index in [0.717, 1.165) is 5.56 Å². The van der Waals surface area contributed by atoms with Gasteiger partial charge in [-0.25, -0.2) is 9.78 Å². The van der Waals surface area contributed by atoms with Crippen LogP contribution in [-0.4, -0.2) is 23.2 Å². The third-order valence-corrected chi connectivity index (χ3v) is 3.65. The molecule has 1 aromatic carbocycles. The predicted molar refractivity (Wildman–Crippen MR) is 83.6 cm³/mol. The molecule has 0 radical (unpaired) electrons. The smallest absolute Gasteiger partial charge is 0.379 e. The number of carbonyl (C=O) groups is 1. The third-order valence-electron chi connectivity index (χ3n) is 3.31. The van der Waals surface area contributed by atoms with Gasteiger partial charge in [-0.2, -0.15) is 0 Å². The summed E-state index contributed by atoms with van der Waals surface area (Å²) in [6.07, 6.45) is -0.310. The Morgan fingerprint density at radius 3 is 2.78 bits per heavy atom. The fourth-order valence-corrected chi connectivity index (χ4v) is 2.44. The Hall–Kier alpha value is -2.60. The summed E-state index contributed by atoms with van der Waals surface area (Å²) in [7, 11) is 1.26. The van der Waals surface area contributed by atoms with Crippen molar-refractivity contribution in [2.75, 3.05) is 7.11 Å². The zero-order valence-corrected chi connectivity index (χ0v) is 13.2. The van der Waals surface area contributed by atoms with Gasteiger partial charge in [0.05, 0.1) is 7.11 Å². The van der Waals surface area contributed by atoms with Gasteiger partial charge in [0, 0.05) is 16.7 Å². The van der Waals surface area contributed by atoms with Crippen molar-refractivity contribution < 1.29 is 18.8 Å². The molecule has 0 aliphatic carbocycles. The minimum Gasteiger partial charge on any atom is -0.470 e. The van der Waals surface area contributed by atoms with Gasteiger partial charge in [-0.05, 0) is 19.1 Å². The van der Waals surface area contributed by atoms with E-state index in [2.05, 4.69) is 14.9 Å². The van der Waals surface area contributed by atoms with Gasteiger partial charge in [0.2, 0.25) is 5.88 Å². The first-order valence-electron chi connectivity index (χ1n) is 6.86. The fraction of sp³-hybridized carbons (Fsp3) is 0.188. The summed E-state index contributed by atoms with van der Waals surface area (Å²) in [6, 6.07) is 10.7. The van der Waals surface area contributed by atoms with Crippen LogP contribution in [0, 0.1) is 0 Å². The largest absolute Gasteiger partial charge is 0.470 e. The monoisotopic (exact) mass is 332 g/mol. The number of esters is 1. The van der Waals surface area contributed by atoms with Crippen molar-refractivity contribution in [1.82, 2.24) is 10.1 Å². The maximum absolute atomic E-state index is 11.6. The van der Waals surface area contributed by atoms with E-state index in [1.807, 2.05) is 25.1 Å². The van der Waals surface area contributed by atoms with Crippen LogP contribution in [0.1, 0.15) is 29.1 Å². The highest BCUT2D eigenvalue weighted by atomic mass is 35.5. The van der Waals surface area contributed by atoms with Gasteiger partial charge in [-0.3, -0.25) is 0 Å².